The van der Waals surface area contributed by atoms with Gasteiger partial charge in [0.2, 0.25) is 10.0 Å². The Kier molecular flexibility index (Phi) is 9.00. The maximum absolute atomic E-state index is 11.5. The molecule has 2 aliphatic rings. The first-order valence-corrected chi connectivity index (χ1v) is 16.0. The van der Waals surface area contributed by atoms with E-state index in [1.165, 1.54) is 24.8 Å². The second-order valence-corrected chi connectivity index (χ2v) is 12.8. The van der Waals surface area contributed by atoms with Gasteiger partial charge in [0.1, 0.15) is 5.82 Å². The van der Waals surface area contributed by atoms with E-state index in [2.05, 4.69) is 49.5 Å². The highest BCUT2D eigenvalue weighted by Gasteiger charge is 2.29. The summed E-state index contributed by atoms with van der Waals surface area (Å²) in [5, 5.41) is 16.8. The van der Waals surface area contributed by atoms with Crippen molar-refractivity contribution in [1.82, 2.24) is 15.0 Å². The second-order valence-electron chi connectivity index (χ2n) is 11.0. The van der Waals surface area contributed by atoms with Crippen molar-refractivity contribution >= 4 is 21.5 Å². The molecule has 40 heavy (non-hydrogen) atoms. The van der Waals surface area contributed by atoms with Crippen LogP contribution in [-0.2, 0) is 16.6 Å². The van der Waals surface area contributed by atoms with Crippen LogP contribution in [0.2, 0.25) is 0 Å². The van der Waals surface area contributed by atoms with Crippen LogP contribution in [0.25, 0.3) is 11.1 Å². The lowest BCUT2D eigenvalue weighted by atomic mass is 9.89. The Morgan fingerprint density at radius 2 is 1.75 bits per heavy atom. The van der Waals surface area contributed by atoms with Gasteiger partial charge in [0.25, 0.3) is 0 Å². The van der Waals surface area contributed by atoms with Gasteiger partial charge in [0, 0.05) is 49.6 Å². The number of hydrogen-bond donors (Lipinski definition) is 3. The maximum Gasteiger partial charge on any atom is 0.209 e. The van der Waals surface area contributed by atoms with Gasteiger partial charge in [-0.25, -0.2) is 18.1 Å². The van der Waals surface area contributed by atoms with Crippen molar-refractivity contribution in [1.29, 1.82) is 5.26 Å². The number of sulfonamides is 1. The molecule has 5 rings (SSSR count). The normalized spacial score (nSPS) is 21.5. The lowest BCUT2D eigenvalue weighted by Crippen LogP contribution is -2.54. The number of nitriles is 1. The van der Waals surface area contributed by atoms with Gasteiger partial charge in [-0.3, -0.25) is 0 Å². The molecule has 1 aliphatic heterocycles. The van der Waals surface area contributed by atoms with Gasteiger partial charge >= 0.3 is 0 Å². The molecule has 2 aromatic carbocycles. The Morgan fingerprint density at radius 1 is 0.975 bits per heavy atom. The van der Waals surface area contributed by atoms with Gasteiger partial charge < -0.3 is 15.5 Å². The first-order valence-electron chi connectivity index (χ1n) is 14.1. The number of benzene rings is 2. The van der Waals surface area contributed by atoms with Crippen LogP contribution in [0.3, 0.4) is 0 Å². The van der Waals surface area contributed by atoms with Crippen LogP contribution >= 0.6 is 0 Å². The van der Waals surface area contributed by atoms with Crippen molar-refractivity contribution in [2.45, 2.75) is 63.2 Å². The first-order chi connectivity index (χ1) is 19.4. The zero-order chi connectivity index (χ0) is 28.0. The summed E-state index contributed by atoms with van der Waals surface area (Å²) in [5.41, 5.74) is 4.86. The first kappa shape index (κ1) is 28.1. The number of nitrogens with one attached hydrogen (secondary N) is 3. The summed E-state index contributed by atoms with van der Waals surface area (Å²) in [5.74, 6) is 0.860. The van der Waals surface area contributed by atoms with Crippen molar-refractivity contribution < 1.29 is 8.42 Å². The Balaban J connectivity index is 1.23. The molecular weight excluding hydrogens is 520 g/mol. The quantitative estimate of drug-likeness (QED) is 0.351. The van der Waals surface area contributed by atoms with E-state index in [0.29, 0.717) is 23.7 Å². The molecule has 3 aromatic rings. The van der Waals surface area contributed by atoms with Gasteiger partial charge in [0.05, 0.1) is 17.9 Å². The summed E-state index contributed by atoms with van der Waals surface area (Å²) in [6.45, 7) is 2.27. The third-order valence-electron chi connectivity index (χ3n) is 7.89. The largest absolute Gasteiger partial charge is 0.370 e. The fourth-order valence-electron chi connectivity index (χ4n) is 5.85. The average Bonchev–Trinajstić information content (AvgIpc) is 2.97. The molecule has 8 nitrogen and oxygen atoms in total. The van der Waals surface area contributed by atoms with Gasteiger partial charge in [-0.15, -0.1) is 0 Å². The fourth-order valence-corrected chi connectivity index (χ4v) is 6.28. The molecule has 210 valence electrons. The third kappa shape index (κ3) is 7.60. The molecule has 3 atom stereocenters. The predicted molar refractivity (Wildman–Crippen MR) is 161 cm³/mol. The molecule has 1 aliphatic carbocycles. The second kappa shape index (κ2) is 12.8. The lowest BCUT2D eigenvalue weighted by molar-refractivity contribution is 0.293. The van der Waals surface area contributed by atoms with E-state index in [1.54, 1.807) is 0 Å². The molecular formula is C31H38N6O2S. The minimum Gasteiger partial charge on any atom is -0.370 e. The summed E-state index contributed by atoms with van der Waals surface area (Å²) < 4.78 is 25.6. The molecule has 3 N–H and O–H groups in total. The number of anilines is 2. The molecule has 0 amide bonds. The zero-order valence-corrected chi connectivity index (χ0v) is 23.8. The predicted octanol–water partition coefficient (Wildman–Crippen LogP) is 4.65. The van der Waals surface area contributed by atoms with Crippen LogP contribution in [0.5, 0.6) is 0 Å². The van der Waals surface area contributed by atoms with Crippen molar-refractivity contribution in [2.24, 2.45) is 0 Å². The third-order valence-corrected chi connectivity index (χ3v) is 8.56. The highest BCUT2D eigenvalue weighted by Crippen LogP contribution is 2.27. The van der Waals surface area contributed by atoms with Gasteiger partial charge in [-0.05, 0) is 84.8 Å². The van der Waals surface area contributed by atoms with Crippen LogP contribution in [0.1, 0.15) is 49.7 Å². The number of nitrogens with zero attached hydrogens (tertiary/aromatic N) is 3. The monoisotopic (exact) mass is 558 g/mol. The molecule has 9 heteroatoms. The standard InChI is InChI=1S/C31H38N6O2S/c1-40(38,39)34-21-24-6-4-7-25(18-24)26-15-16-33-31(19-26)36-30-10-3-2-9-29(30)35-27-8-5-17-37(22-27)28-13-11-23(20-32)12-14-28/h4,6-7,11-16,18-19,27,29-30,34-35H,2-3,5,8-10,17,21-22H2,1H3,(H,33,36)/t27-,29+,30+/m0/s1. The van der Waals surface area contributed by atoms with E-state index in [9.17, 15) is 8.42 Å². The topological polar surface area (TPSA) is 110 Å². The molecule has 1 saturated heterocycles. The minimum absolute atomic E-state index is 0.266. The van der Waals surface area contributed by atoms with E-state index < -0.39 is 10.0 Å². The van der Waals surface area contributed by atoms with E-state index in [0.717, 1.165) is 61.3 Å². The SMILES string of the molecule is CS(=O)(=O)NCc1cccc(-c2ccnc(N[C@@H]3CCCC[C@H]3N[C@H]3CCCN(c4ccc(C#N)cc4)C3)c2)c1. The number of pyridine rings is 1. The Hall–Kier alpha value is -3.45. The fraction of sp³-hybridized carbons (Fsp3) is 0.419. The van der Waals surface area contributed by atoms with Crippen molar-refractivity contribution in [2.75, 3.05) is 29.6 Å². The summed E-state index contributed by atoms with van der Waals surface area (Å²) in [4.78, 5) is 7.06. The Morgan fingerprint density at radius 3 is 2.52 bits per heavy atom. The molecule has 0 spiro atoms. The summed E-state index contributed by atoms with van der Waals surface area (Å²) >= 11 is 0. The number of piperidine rings is 1. The summed E-state index contributed by atoms with van der Waals surface area (Å²) in [7, 11) is -3.25. The molecule has 2 heterocycles. The van der Waals surface area contributed by atoms with Crippen molar-refractivity contribution in [3.63, 3.8) is 0 Å². The number of hydrogen-bond acceptors (Lipinski definition) is 7. The average molecular weight is 559 g/mol. The van der Waals surface area contributed by atoms with E-state index in [-0.39, 0.29) is 6.54 Å². The van der Waals surface area contributed by atoms with Gasteiger partial charge in [-0.1, -0.05) is 31.0 Å². The van der Waals surface area contributed by atoms with Crippen LogP contribution in [0, 0.1) is 11.3 Å². The van der Waals surface area contributed by atoms with Crippen LogP contribution in [-0.4, -0.2) is 50.9 Å². The van der Waals surface area contributed by atoms with E-state index in [4.69, 9.17) is 5.26 Å². The van der Waals surface area contributed by atoms with E-state index >= 15 is 0 Å². The van der Waals surface area contributed by atoms with Crippen molar-refractivity contribution in [3.05, 3.63) is 78.0 Å². The highest BCUT2D eigenvalue weighted by atomic mass is 32.2. The highest BCUT2D eigenvalue weighted by molar-refractivity contribution is 7.88. The Labute approximate surface area is 237 Å². The summed E-state index contributed by atoms with van der Waals surface area (Å²) in [6, 6.07) is 23.2. The van der Waals surface area contributed by atoms with Crippen LogP contribution < -0.4 is 20.3 Å². The smallest absolute Gasteiger partial charge is 0.209 e. The molecule has 0 radical (unpaired) electrons. The molecule has 1 saturated carbocycles. The Bertz CT molecular complexity index is 1440. The molecule has 0 bridgehead atoms. The number of aromatic nitrogens is 1. The van der Waals surface area contributed by atoms with Crippen molar-refractivity contribution in [3.8, 4) is 17.2 Å². The van der Waals surface area contributed by atoms with Gasteiger partial charge in [-0.2, -0.15) is 5.26 Å². The molecule has 0 unspecified atom stereocenters. The van der Waals surface area contributed by atoms with Crippen LogP contribution in [0.4, 0.5) is 11.5 Å². The van der Waals surface area contributed by atoms with Crippen LogP contribution in [0.15, 0.2) is 66.9 Å². The molecule has 2 fully saturated rings. The maximum atomic E-state index is 11.5. The lowest BCUT2D eigenvalue weighted by Gasteiger charge is -2.40. The minimum atomic E-state index is -3.25. The zero-order valence-electron chi connectivity index (χ0n) is 23.0. The van der Waals surface area contributed by atoms with E-state index in [1.807, 2.05) is 48.7 Å². The van der Waals surface area contributed by atoms with Gasteiger partial charge in [0.15, 0.2) is 0 Å². The molecule has 1 aromatic heterocycles. The number of rotatable bonds is 9. The summed E-state index contributed by atoms with van der Waals surface area (Å²) in [6.07, 6.45) is 9.98.